The van der Waals surface area contributed by atoms with Gasteiger partial charge in [-0.1, -0.05) is 0 Å². The van der Waals surface area contributed by atoms with Gasteiger partial charge in [0.05, 0.1) is 0 Å². The molecule has 2 aliphatic rings. The Labute approximate surface area is 130 Å². The molecule has 0 saturated heterocycles. The topological polar surface area (TPSA) is 0 Å². The van der Waals surface area contributed by atoms with Crippen LogP contribution in [0.3, 0.4) is 0 Å². The number of hydrogen-bond acceptors (Lipinski definition) is 0. The third kappa shape index (κ3) is 1.90. The van der Waals surface area contributed by atoms with Crippen molar-refractivity contribution in [1.82, 2.24) is 0 Å². The first-order valence-electron chi connectivity index (χ1n) is 8.39. The van der Waals surface area contributed by atoms with Crippen LogP contribution < -0.4 is 0 Å². The van der Waals surface area contributed by atoms with E-state index in [9.17, 15) is 0 Å². The van der Waals surface area contributed by atoms with E-state index in [0.717, 1.165) is 23.7 Å². The van der Waals surface area contributed by atoms with Crippen LogP contribution in [-0.2, 0) is 16.6 Å². The molecule has 0 heterocycles. The molecule has 2 aliphatic carbocycles. The van der Waals surface area contributed by atoms with Crippen LogP contribution in [0.15, 0.2) is 22.3 Å². The molecule has 0 spiro atoms. The molecule has 0 saturated carbocycles. The first-order chi connectivity index (χ1) is 8.96. The van der Waals surface area contributed by atoms with Crippen molar-refractivity contribution >= 4 is 0 Å². The standard InChI is InChI=1S/C16H25.3CH3.Ti/c1-8-9(2)12(5)16-14(7)10(3)13(6)15(16)11(8)4;;;;/h8-9,11-12H,1-7H3;3*1H3;. The second kappa shape index (κ2) is 4.85. The van der Waals surface area contributed by atoms with Gasteiger partial charge in [0.25, 0.3) is 0 Å². The fraction of sp³-hybridized carbons (Fsp3) is 0.789. The van der Waals surface area contributed by atoms with Crippen molar-refractivity contribution < 1.29 is 16.6 Å². The van der Waals surface area contributed by atoms with Gasteiger partial charge < -0.3 is 0 Å². The molecule has 0 nitrogen and oxygen atoms in total. The summed E-state index contributed by atoms with van der Waals surface area (Å²) < 4.78 is 0.418. The van der Waals surface area contributed by atoms with Crippen LogP contribution >= 0.6 is 0 Å². The quantitative estimate of drug-likeness (QED) is 0.474. The molecule has 1 heteroatoms. The van der Waals surface area contributed by atoms with E-state index in [-0.39, 0.29) is 0 Å². The van der Waals surface area contributed by atoms with Gasteiger partial charge in [-0.3, -0.25) is 0 Å². The number of hydrogen-bond donors (Lipinski definition) is 0. The summed E-state index contributed by atoms with van der Waals surface area (Å²) >= 11 is -1.85. The molecule has 2 rings (SSSR count). The SMILES string of the molecule is CC1=C(C)[C](C)([Ti]([CH3])([CH3])[CH3])C2=C1C(C)C(C)C(C)C2C. The molecule has 5 unspecified atom stereocenters. The second-order valence-electron chi connectivity index (χ2n) is 8.75. The average molecular weight is 310 g/mol. The molecule has 0 amide bonds. The Kier molecular flexibility index (Phi) is 4.02. The minimum absolute atomic E-state index is 0.418. The van der Waals surface area contributed by atoms with E-state index in [1.165, 1.54) is 0 Å². The Bertz CT molecular complexity index is 488. The van der Waals surface area contributed by atoms with Crippen LogP contribution in [-0.4, -0.2) is 0 Å². The van der Waals surface area contributed by atoms with E-state index in [2.05, 4.69) is 64.2 Å². The molecule has 0 aliphatic heterocycles. The maximum absolute atomic E-state index is 2.60. The first kappa shape index (κ1) is 16.6. The second-order valence-corrected chi connectivity index (χ2v) is 17.3. The van der Waals surface area contributed by atoms with Crippen molar-refractivity contribution in [2.45, 2.75) is 67.9 Å². The molecule has 0 radical (unpaired) electrons. The minimum atomic E-state index is -1.85. The van der Waals surface area contributed by atoms with E-state index < -0.39 is 16.6 Å². The summed E-state index contributed by atoms with van der Waals surface area (Å²) in [6, 6.07) is 0. The number of allylic oxidation sites excluding steroid dienone is 4. The monoisotopic (exact) mass is 310 g/mol. The Morgan fingerprint density at radius 1 is 0.850 bits per heavy atom. The third-order valence-corrected chi connectivity index (χ3v) is 13.1. The van der Waals surface area contributed by atoms with Gasteiger partial charge in [-0.15, -0.1) is 0 Å². The van der Waals surface area contributed by atoms with E-state index in [0.29, 0.717) is 3.72 Å². The van der Waals surface area contributed by atoms with E-state index in [1.807, 2.05) is 5.57 Å². The van der Waals surface area contributed by atoms with Gasteiger partial charge in [0.2, 0.25) is 0 Å². The Hall–Kier alpha value is 0.194. The summed E-state index contributed by atoms with van der Waals surface area (Å²) in [5, 5.41) is 7.81. The van der Waals surface area contributed by atoms with Crippen molar-refractivity contribution in [2.24, 2.45) is 23.7 Å². The normalized spacial score (nSPS) is 42.3. The van der Waals surface area contributed by atoms with Crippen LogP contribution in [0, 0.1) is 23.7 Å². The van der Waals surface area contributed by atoms with Crippen LogP contribution in [0.4, 0.5) is 0 Å². The summed E-state index contributed by atoms with van der Waals surface area (Å²) in [7, 11) is 0. The molecule has 5 atom stereocenters. The Morgan fingerprint density at radius 2 is 1.30 bits per heavy atom. The molecule has 0 aromatic carbocycles. The fourth-order valence-electron chi connectivity index (χ4n) is 4.94. The summed E-state index contributed by atoms with van der Waals surface area (Å²) in [5.41, 5.74) is 6.94. The van der Waals surface area contributed by atoms with Crippen LogP contribution in [0.1, 0.15) is 48.5 Å². The van der Waals surface area contributed by atoms with Crippen LogP contribution in [0.2, 0.25) is 19.4 Å². The van der Waals surface area contributed by atoms with Crippen molar-refractivity contribution in [3.8, 4) is 0 Å². The first-order valence-corrected chi connectivity index (χ1v) is 13.9. The maximum atomic E-state index is 2.60. The van der Waals surface area contributed by atoms with Gasteiger partial charge in [0, 0.05) is 0 Å². The van der Waals surface area contributed by atoms with Crippen LogP contribution in [0.25, 0.3) is 0 Å². The zero-order valence-electron chi connectivity index (χ0n) is 15.3. The predicted molar refractivity (Wildman–Crippen MR) is 88.0 cm³/mol. The Balaban J connectivity index is 2.74. The van der Waals surface area contributed by atoms with Crippen LogP contribution in [0.5, 0.6) is 0 Å². The molecular formula is C19H34Ti. The molecule has 0 bridgehead atoms. The summed E-state index contributed by atoms with van der Waals surface area (Å²) in [6.07, 6.45) is 0. The van der Waals surface area contributed by atoms with Crippen molar-refractivity contribution in [3.63, 3.8) is 0 Å². The van der Waals surface area contributed by atoms with Gasteiger partial charge in [-0.05, 0) is 0 Å². The van der Waals surface area contributed by atoms with Crippen molar-refractivity contribution in [2.75, 3.05) is 0 Å². The summed E-state index contributed by atoms with van der Waals surface area (Å²) in [5.74, 6) is 3.10. The fourth-order valence-corrected chi connectivity index (χ4v) is 8.82. The summed E-state index contributed by atoms with van der Waals surface area (Å²) in [6.45, 7) is 17.3. The molecule has 0 N–H and O–H groups in total. The van der Waals surface area contributed by atoms with Crippen molar-refractivity contribution in [3.05, 3.63) is 22.3 Å². The Morgan fingerprint density at radius 3 is 1.75 bits per heavy atom. The van der Waals surface area contributed by atoms with Crippen molar-refractivity contribution in [1.29, 1.82) is 0 Å². The molecule has 20 heavy (non-hydrogen) atoms. The van der Waals surface area contributed by atoms with Gasteiger partial charge in [-0.2, -0.15) is 0 Å². The van der Waals surface area contributed by atoms with E-state index >= 15 is 0 Å². The van der Waals surface area contributed by atoms with Gasteiger partial charge >= 0.3 is 130 Å². The zero-order valence-corrected chi connectivity index (χ0v) is 16.9. The van der Waals surface area contributed by atoms with E-state index in [4.69, 9.17) is 0 Å². The summed E-state index contributed by atoms with van der Waals surface area (Å²) in [4.78, 5) is 0. The predicted octanol–water partition coefficient (Wildman–Crippen LogP) is 6.67. The molecule has 114 valence electrons. The molecule has 0 aromatic rings. The molecule has 0 aromatic heterocycles. The molecular weight excluding hydrogens is 276 g/mol. The van der Waals surface area contributed by atoms with Gasteiger partial charge in [0.15, 0.2) is 0 Å². The van der Waals surface area contributed by atoms with E-state index in [1.54, 1.807) is 16.7 Å². The zero-order chi connectivity index (χ0) is 15.6. The molecule has 0 fully saturated rings. The third-order valence-electron chi connectivity index (χ3n) is 7.36. The van der Waals surface area contributed by atoms with Gasteiger partial charge in [0.1, 0.15) is 0 Å². The number of rotatable bonds is 1. The average Bonchev–Trinajstić information content (AvgIpc) is 2.55. The van der Waals surface area contributed by atoms with Gasteiger partial charge in [-0.25, -0.2) is 0 Å².